The summed E-state index contributed by atoms with van der Waals surface area (Å²) >= 11 is 4.90. The number of hydrogen-bond acceptors (Lipinski definition) is 2. The van der Waals surface area contributed by atoms with E-state index in [2.05, 4.69) is 70.2 Å². The van der Waals surface area contributed by atoms with Gasteiger partial charge in [-0.1, -0.05) is 58.2 Å². The molecule has 0 aromatic carbocycles. The molecule has 1 saturated carbocycles. The van der Waals surface area contributed by atoms with E-state index in [1.54, 1.807) is 0 Å². The van der Waals surface area contributed by atoms with E-state index in [0.717, 1.165) is 0 Å². The van der Waals surface area contributed by atoms with E-state index < -0.39 is 0 Å². The second-order valence-corrected chi connectivity index (χ2v) is 8.34. The molecule has 4 atom stereocenters. The molecule has 0 aliphatic heterocycles. The van der Waals surface area contributed by atoms with Crippen LogP contribution < -0.4 is 11.3 Å². The molecule has 1 aliphatic rings. The van der Waals surface area contributed by atoms with Crippen molar-refractivity contribution in [2.45, 2.75) is 14.9 Å². The van der Waals surface area contributed by atoms with Crippen molar-refractivity contribution in [2.24, 2.45) is 23.6 Å². The second-order valence-electron chi connectivity index (χ2n) is 3.28. The predicted octanol–water partition coefficient (Wildman–Crippen LogP) is 2.08. The van der Waals surface area contributed by atoms with Gasteiger partial charge in [-0.25, -0.2) is 0 Å². The minimum atomic E-state index is 0.465. The van der Waals surface area contributed by atoms with Crippen molar-refractivity contribution in [3.8, 4) is 0 Å². The van der Waals surface area contributed by atoms with E-state index in [0.29, 0.717) is 25.7 Å². The number of halogens is 2. The average Bonchev–Trinajstić information content (AvgIpc) is 2.01. The Balaban J connectivity index is 2.63. The van der Waals surface area contributed by atoms with E-state index in [1.807, 2.05) is 0 Å². The maximum Gasteiger partial charge on any atom is 0.0675 e. The molecule has 1 aliphatic carbocycles. The van der Waals surface area contributed by atoms with Crippen molar-refractivity contribution in [1.29, 1.82) is 0 Å². The molecule has 3 N–H and O–H groups in total. The highest BCUT2D eigenvalue weighted by atomic mass is 127. The summed E-state index contributed by atoms with van der Waals surface area (Å²) in [5.74, 6) is 7.38. The molecule has 12 heavy (non-hydrogen) atoms. The average molecular weight is 392 g/mol. The molecule has 4 heteroatoms. The Morgan fingerprint density at radius 3 is 2.50 bits per heavy atom. The van der Waals surface area contributed by atoms with Gasteiger partial charge in [-0.3, -0.25) is 11.3 Å². The predicted molar refractivity (Wildman–Crippen MR) is 69.3 cm³/mol. The van der Waals surface area contributed by atoms with Crippen LogP contribution in [0.1, 0.15) is 6.92 Å². The number of nitrogens with two attached hydrogens (primary N) is 1. The molecule has 4 unspecified atom stereocenters. The zero-order valence-electron chi connectivity index (χ0n) is 7.00. The van der Waals surface area contributed by atoms with Crippen LogP contribution in [0, 0.1) is 17.8 Å². The van der Waals surface area contributed by atoms with Gasteiger partial charge < -0.3 is 0 Å². The highest BCUT2D eigenvalue weighted by Crippen LogP contribution is 2.46. The quantitative estimate of drug-likeness (QED) is 0.254. The fourth-order valence-corrected chi connectivity index (χ4v) is 3.85. The van der Waals surface area contributed by atoms with E-state index in [-0.39, 0.29) is 0 Å². The third-order valence-electron chi connectivity index (χ3n) is 2.79. The van der Waals surface area contributed by atoms with Gasteiger partial charge in [-0.15, -0.1) is 6.58 Å². The summed E-state index contributed by atoms with van der Waals surface area (Å²) in [6.45, 7) is 6.08. The van der Waals surface area contributed by atoms with E-state index in [1.165, 1.54) is 0 Å². The van der Waals surface area contributed by atoms with Gasteiger partial charge in [-0.05, 0) is 11.8 Å². The summed E-state index contributed by atoms with van der Waals surface area (Å²) < 4.78 is 0.625. The normalized spacial score (nSPS) is 41.1. The van der Waals surface area contributed by atoms with Crippen LogP contribution in [0.4, 0.5) is 0 Å². The van der Waals surface area contributed by atoms with E-state index >= 15 is 0 Å². The Morgan fingerprint density at radius 1 is 1.58 bits per heavy atom. The summed E-state index contributed by atoms with van der Waals surface area (Å²) in [4.78, 5) is 0. The Labute approximate surface area is 101 Å². The Hall–Kier alpha value is 1.12. The van der Waals surface area contributed by atoms with Crippen LogP contribution in [-0.4, -0.2) is 7.97 Å². The molecular weight excluding hydrogens is 378 g/mol. The number of allylic oxidation sites excluding steroid dienone is 1. The SMILES string of the molecule is C=CC1C(C)C(NN)C1C(I)I. The summed E-state index contributed by atoms with van der Waals surface area (Å²) in [6, 6.07) is 0.465. The largest absolute Gasteiger partial charge is 0.271 e. The lowest BCUT2D eigenvalue weighted by atomic mass is 9.62. The van der Waals surface area contributed by atoms with Crippen molar-refractivity contribution >= 4 is 45.2 Å². The Kier molecular flexibility index (Phi) is 4.26. The minimum Gasteiger partial charge on any atom is -0.271 e. The number of hydrogen-bond donors (Lipinski definition) is 2. The number of hydrazine groups is 1. The van der Waals surface area contributed by atoms with Crippen LogP contribution in [0.3, 0.4) is 0 Å². The van der Waals surface area contributed by atoms with E-state index in [4.69, 9.17) is 5.84 Å². The van der Waals surface area contributed by atoms with Crippen molar-refractivity contribution in [2.75, 3.05) is 0 Å². The number of nitrogens with one attached hydrogen (secondary N) is 1. The molecule has 70 valence electrons. The fraction of sp³-hybridized carbons (Fsp3) is 0.750. The van der Waals surface area contributed by atoms with Crippen LogP contribution in [0.25, 0.3) is 0 Å². The zero-order valence-corrected chi connectivity index (χ0v) is 11.3. The lowest BCUT2D eigenvalue weighted by Crippen LogP contribution is -2.60. The third-order valence-corrected chi connectivity index (χ3v) is 4.45. The lowest BCUT2D eigenvalue weighted by molar-refractivity contribution is 0.0774. The van der Waals surface area contributed by atoms with Crippen LogP contribution in [-0.2, 0) is 0 Å². The maximum atomic E-state index is 5.48. The molecule has 0 bridgehead atoms. The monoisotopic (exact) mass is 392 g/mol. The molecule has 1 fully saturated rings. The fourth-order valence-electron chi connectivity index (χ4n) is 1.99. The highest BCUT2D eigenvalue weighted by Gasteiger charge is 2.47. The molecule has 0 heterocycles. The summed E-state index contributed by atoms with van der Waals surface area (Å²) in [6.07, 6.45) is 2.06. The van der Waals surface area contributed by atoms with Gasteiger partial charge in [0.25, 0.3) is 0 Å². The molecule has 0 saturated heterocycles. The molecule has 0 spiro atoms. The molecular formula is C8H14I2N2. The Morgan fingerprint density at radius 2 is 2.17 bits per heavy atom. The first kappa shape index (κ1) is 11.2. The van der Waals surface area contributed by atoms with Crippen LogP contribution in [0.5, 0.6) is 0 Å². The van der Waals surface area contributed by atoms with Crippen LogP contribution >= 0.6 is 45.2 Å². The van der Waals surface area contributed by atoms with Crippen molar-refractivity contribution in [3.05, 3.63) is 12.7 Å². The van der Waals surface area contributed by atoms with Crippen molar-refractivity contribution < 1.29 is 0 Å². The van der Waals surface area contributed by atoms with E-state index in [9.17, 15) is 0 Å². The lowest BCUT2D eigenvalue weighted by Gasteiger charge is -2.50. The maximum absolute atomic E-state index is 5.48. The first-order chi connectivity index (χ1) is 5.63. The molecule has 2 nitrogen and oxygen atoms in total. The zero-order chi connectivity index (χ0) is 9.30. The first-order valence-corrected chi connectivity index (χ1v) is 6.49. The molecule has 0 aromatic rings. The smallest absolute Gasteiger partial charge is 0.0675 e. The van der Waals surface area contributed by atoms with Gasteiger partial charge in [0.15, 0.2) is 0 Å². The topological polar surface area (TPSA) is 38.0 Å². The Bertz CT molecular complexity index is 172. The van der Waals surface area contributed by atoms with Gasteiger partial charge >= 0.3 is 0 Å². The molecule has 1 rings (SSSR count). The van der Waals surface area contributed by atoms with Gasteiger partial charge in [0.1, 0.15) is 0 Å². The van der Waals surface area contributed by atoms with Gasteiger partial charge in [0.05, 0.1) is 1.93 Å². The van der Waals surface area contributed by atoms with Gasteiger partial charge in [-0.2, -0.15) is 0 Å². The number of alkyl halides is 2. The minimum absolute atomic E-state index is 0.465. The summed E-state index contributed by atoms with van der Waals surface area (Å²) in [7, 11) is 0. The molecule has 0 amide bonds. The van der Waals surface area contributed by atoms with Crippen LogP contribution in [0.2, 0.25) is 0 Å². The highest BCUT2D eigenvalue weighted by molar-refractivity contribution is 14.2. The van der Waals surface area contributed by atoms with Crippen molar-refractivity contribution in [3.63, 3.8) is 0 Å². The van der Waals surface area contributed by atoms with Gasteiger partial charge in [0.2, 0.25) is 0 Å². The summed E-state index contributed by atoms with van der Waals surface area (Å²) in [5, 5.41) is 0. The number of rotatable bonds is 3. The first-order valence-electron chi connectivity index (χ1n) is 4.00. The second kappa shape index (κ2) is 4.56. The standard InChI is InChI=1S/C8H14I2N2/c1-3-5-4(2)7(12-11)6(5)8(9)10/h3-8,12H,1,11H2,2H3. The summed E-state index contributed by atoms with van der Waals surface area (Å²) in [5.41, 5.74) is 2.89. The van der Waals surface area contributed by atoms with Crippen molar-refractivity contribution in [1.82, 2.24) is 5.43 Å². The molecule has 0 radical (unpaired) electrons. The van der Waals surface area contributed by atoms with Crippen LogP contribution in [0.15, 0.2) is 12.7 Å². The third kappa shape index (κ3) is 1.80. The van der Waals surface area contributed by atoms with Gasteiger partial charge in [0, 0.05) is 12.0 Å². The molecule has 0 aromatic heterocycles.